The van der Waals surface area contributed by atoms with Crippen molar-refractivity contribution in [3.8, 4) is 0 Å². The molecule has 1 rings (SSSR count). The fourth-order valence-electron chi connectivity index (χ4n) is 3.96. The lowest BCUT2D eigenvalue weighted by atomic mass is 10.0. The van der Waals surface area contributed by atoms with Crippen LogP contribution < -0.4 is 5.32 Å². The second-order valence-corrected chi connectivity index (χ2v) is 10.5. The van der Waals surface area contributed by atoms with Crippen molar-refractivity contribution in [3.05, 3.63) is 5.82 Å². The molecule has 0 saturated heterocycles. The van der Waals surface area contributed by atoms with Crippen LogP contribution in [-0.2, 0) is 25.5 Å². The Morgan fingerprint density at radius 3 is 1.86 bits per heavy atom. The van der Waals surface area contributed by atoms with Crippen LogP contribution in [-0.4, -0.2) is 55.2 Å². The summed E-state index contributed by atoms with van der Waals surface area (Å²) < 4.78 is 5.32. The minimum Gasteiger partial charge on any atom is -0.481 e. The number of H-pyrrole nitrogens is 1. The Kier molecular flexibility index (Phi) is 16.4. The molecule has 1 atom stereocenters. The molecule has 0 aromatic carbocycles. The van der Waals surface area contributed by atoms with Crippen molar-refractivity contribution < 1.29 is 24.2 Å². The molecule has 1 amide bonds. The third-order valence-corrected chi connectivity index (χ3v) is 5.87. The van der Waals surface area contributed by atoms with Gasteiger partial charge in [-0.3, -0.25) is 9.59 Å². The molecule has 10 heteroatoms. The second kappa shape index (κ2) is 18.7. The van der Waals surface area contributed by atoms with Crippen LogP contribution >= 0.6 is 0 Å². The first-order valence-electron chi connectivity index (χ1n) is 13.6. The lowest BCUT2D eigenvalue weighted by molar-refractivity contribution is -0.159. The van der Waals surface area contributed by atoms with E-state index in [9.17, 15) is 14.4 Å². The highest BCUT2D eigenvalue weighted by Gasteiger charge is 2.27. The Bertz CT molecular complexity index is 734. The minimum atomic E-state index is -1.01. The Hall–Kier alpha value is -2.52. The molecule has 1 unspecified atom stereocenters. The monoisotopic (exact) mass is 509 g/mol. The number of carbonyl (C=O) groups excluding carboxylic acids is 2. The molecule has 1 aromatic heterocycles. The fraction of sp³-hybridized carbons (Fsp3) is 0.846. The smallest absolute Gasteiger partial charge is 0.329 e. The molecule has 0 spiro atoms. The number of hydrogen-bond acceptors (Lipinski definition) is 7. The summed E-state index contributed by atoms with van der Waals surface area (Å²) in [4.78, 5) is 35.5. The van der Waals surface area contributed by atoms with Crippen molar-refractivity contribution >= 4 is 17.8 Å². The van der Waals surface area contributed by atoms with Gasteiger partial charge in [-0.05, 0) is 40.0 Å². The van der Waals surface area contributed by atoms with Crippen LogP contribution in [0.25, 0.3) is 0 Å². The highest BCUT2D eigenvalue weighted by atomic mass is 16.6. The van der Waals surface area contributed by atoms with E-state index in [4.69, 9.17) is 9.84 Å². The summed E-state index contributed by atoms with van der Waals surface area (Å²) in [7, 11) is 0. The van der Waals surface area contributed by atoms with Gasteiger partial charge in [0.1, 0.15) is 11.6 Å². The summed E-state index contributed by atoms with van der Waals surface area (Å²) in [5.74, 6) is -1.02. The third kappa shape index (κ3) is 17.8. The van der Waals surface area contributed by atoms with Crippen LogP contribution in [0.3, 0.4) is 0 Å². The van der Waals surface area contributed by atoms with E-state index in [2.05, 4.69) is 25.9 Å². The number of nitrogens with one attached hydrogen (secondary N) is 2. The molecule has 36 heavy (non-hydrogen) atoms. The summed E-state index contributed by atoms with van der Waals surface area (Å²) in [5, 5.41) is 25.5. The minimum absolute atomic E-state index is 0.0253. The van der Waals surface area contributed by atoms with E-state index in [0.29, 0.717) is 6.42 Å². The highest BCUT2D eigenvalue weighted by Crippen LogP contribution is 2.14. The first-order chi connectivity index (χ1) is 17.2. The number of carboxylic acids is 1. The van der Waals surface area contributed by atoms with E-state index in [1.54, 1.807) is 20.8 Å². The molecule has 3 N–H and O–H groups in total. The molecule has 0 fully saturated rings. The predicted molar refractivity (Wildman–Crippen MR) is 137 cm³/mol. The van der Waals surface area contributed by atoms with E-state index >= 15 is 0 Å². The van der Waals surface area contributed by atoms with Crippen LogP contribution in [0.1, 0.15) is 129 Å². The summed E-state index contributed by atoms with van der Waals surface area (Å²) in [5.41, 5.74) is -0.694. The lowest BCUT2D eigenvalue weighted by Crippen LogP contribution is -2.44. The molecule has 0 aliphatic carbocycles. The molecule has 1 aromatic rings. The van der Waals surface area contributed by atoms with Crippen LogP contribution in [0.5, 0.6) is 0 Å². The van der Waals surface area contributed by atoms with E-state index in [0.717, 1.165) is 37.9 Å². The number of ether oxygens (including phenoxy) is 1. The molecule has 1 heterocycles. The average Bonchev–Trinajstić information content (AvgIpc) is 3.31. The molecular formula is C26H47N5O5. The standard InChI is InChI=1S/C26H47N5O5/c1-26(2,3)36-25(35)21(19-20-24(33)34)27-23(32)18-16-14-12-10-8-6-4-5-7-9-11-13-15-17-22-28-30-31-29-22/h21H,4-20H2,1-3H3,(H,27,32)(H,33,34)(H,28,29,30,31). The number of carbonyl (C=O) groups is 3. The summed E-state index contributed by atoms with van der Waals surface area (Å²) >= 11 is 0. The van der Waals surface area contributed by atoms with E-state index < -0.39 is 23.6 Å². The Balaban J connectivity index is 1.98. The van der Waals surface area contributed by atoms with Gasteiger partial charge in [-0.15, -0.1) is 10.2 Å². The van der Waals surface area contributed by atoms with Gasteiger partial charge in [-0.1, -0.05) is 75.8 Å². The highest BCUT2D eigenvalue weighted by molar-refractivity contribution is 5.85. The number of aryl methyl sites for hydroxylation is 1. The van der Waals surface area contributed by atoms with E-state index in [-0.39, 0.29) is 18.7 Å². The zero-order valence-corrected chi connectivity index (χ0v) is 22.5. The number of rotatable bonds is 21. The van der Waals surface area contributed by atoms with Gasteiger partial charge in [0.25, 0.3) is 0 Å². The first-order valence-corrected chi connectivity index (χ1v) is 13.6. The second-order valence-electron chi connectivity index (χ2n) is 10.5. The SMILES string of the molecule is CC(C)(C)OC(=O)C(CCC(=O)O)NC(=O)CCCCCCCCCCCCCCCc1nn[nH]n1. The topological polar surface area (TPSA) is 147 Å². The van der Waals surface area contributed by atoms with E-state index in [1.807, 2.05) is 0 Å². The Morgan fingerprint density at radius 1 is 0.861 bits per heavy atom. The quantitative estimate of drug-likeness (QED) is 0.157. The number of carboxylic acid groups (broad SMARTS) is 1. The van der Waals surface area contributed by atoms with Crippen molar-refractivity contribution in [2.45, 2.75) is 142 Å². The first kappa shape index (κ1) is 31.5. The average molecular weight is 510 g/mol. The number of aromatic amines is 1. The summed E-state index contributed by atoms with van der Waals surface area (Å²) in [6.07, 6.45) is 16.3. The van der Waals surface area contributed by atoms with Gasteiger partial charge in [0.05, 0.1) is 0 Å². The lowest BCUT2D eigenvalue weighted by Gasteiger charge is -2.24. The van der Waals surface area contributed by atoms with Crippen molar-refractivity contribution in [1.82, 2.24) is 25.9 Å². The number of hydrogen-bond donors (Lipinski definition) is 3. The van der Waals surface area contributed by atoms with Crippen LogP contribution in [0, 0.1) is 0 Å². The molecule has 10 nitrogen and oxygen atoms in total. The van der Waals surface area contributed by atoms with Crippen molar-refractivity contribution in [2.75, 3.05) is 0 Å². The van der Waals surface area contributed by atoms with Crippen molar-refractivity contribution in [2.24, 2.45) is 0 Å². The van der Waals surface area contributed by atoms with E-state index in [1.165, 1.54) is 57.8 Å². The molecule has 0 radical (unpaired) electrons. The maximum Gasteiger partial charge on any atom is 0.329 e. The number of unbranched alkanes of at least 4 members (excludes halogenated alkanes) is 12. The molecule has 0 bridgehead atoms. The number of aromatic nitrogens is 4. The largest absolute Gasteiger partial charge is 0.481 e. The number of esters is 1. The Labute approximate surface area is 215 Å². The number of tetrazole rings is 1. The molecular weight excluding hydrogens is 462 g/mol. The van der Waals surface area contributed by atoms with Gasteiger partial charge in [-0.25, -0.2) is 4.79 Å². The van der Waals surface area contributed by atoms with Gasteiger partial charge < -0.3 is 15.2 Å². The number of nitrogens with zero attached hydrogens (tertiary/aromatic N) is 3. The molecule has 0 aliphatic heterocycles. The van der Waals surface area contributed by atoms with Crippen molar-refractivity contribution in [3.63, 3.8) is 0 Å². The normalized spacial score (nSPS) is 12.3. The zero-order valence-electron chi connectivity index (χ0n) is 22.5. The number of amides is 1. The number of aliphatic carboxylic acids is 1. The van der Waals surface area contributed by atoms with Crippen LogP contribution in [0.4, 0.5) is 0 Å². The van der Waals surface area contributed by atoms with Gasteiger partial charge in [0, 0.05) is 19.3 Å². The fourth-order valence-corrected chi connectivity index (χ4v) is 3.96. The van der Waals surface area contributed by atoms with Crippen LogP contribution in [0.2, 0.25) is 0 Å². The predicted octanol–water partition coefficient (Wildman–Crippen LogP) is 4.89. The molecule has 206 valence electrons. The molecule has 0 saturated carbocycles. The summed E-state index contributed by atoms with van der Waals surface area (Å²) in [6, 6.07) is -0.926. The van der Waals surface area contributed by atoms with Crippen LogP contribution in [0.15, 0.2) is 0 Å². The maximum absolute atomic E-state index is 12.3. The third-order valence-electron chi connectivity index (χ3n) is 5.87. The van der Waals surface area contributed by atoms with Gasteiger partial charge in [0.15, 0.2) is 5.82 Å². The summed E-state index contributed by atoms with van der Waals surface area (Å²) in [6.45, 7) is 5.22. The van der Waals surface area contributed by atoms with Gasteiger partial charge >= 0.3 is 11.9 Å². The Morgan fingerprint density at radius 2 is 1.39 bits per heavy atom. The van der Waals surface area contributed by atoms with Gasteiger partial charge in [-0.2, -0.15) is 5.21 Å². The van der Waals surface area contributed by atoms with Gasteiger partial charge in [0.2, 0.25) is 5.91 Å². The zero-order chi connectivity index (χ0) is 26.7. The molecule has 0 aliphatic rings. The maximum atomic E-state index is 12.3. The van der Waals surface area contributed by atoms with Crippen molar-refractivity contribution in [1.29, 1.82) is 0 Å².